The second-order valence-corrected chi connectivity index (χ2v) is 9.62. The van der Waals surface area contributed by atoms with Crippen molar-refractivity contribution >= 4 is 23.3 Å². The van der Waals surface area contributed by atoms with Crippen LogP contribution in [-0.2, 0) is 11.2 Å². The maximum Gasteiger partial charge on any atom is 0.255 e. The summed E-state index contributed by atoms with van der Waals surface area (Å²) in [6, 6.07) is 18.9. The van der Waals surface area contributed by atoms with Crippen molar-refractivity contribution in [2.45, 2.75) is 37.8 Å². The number of Topliss-reactive ketones (excluding diaryl/α,β-unsaturated/α-hetero) is 1. The van der Waals surface area contributed by atoms with Crippen molar-refractivity contribution in [2.24, 2.45) is 0 Å². The van der Waals surface area contributed by atoms with Crippen molar-refractivity contribution in [3.05, 3.63) is 83.4 Å². The molecule has 1 aliphatic heterocycles. The second kappa shape index (κ2) is 13.6. The van der Waals surface area contributed by atoms with E-state index < -0.39 is 6.04 Å². The zero-order valence-electron chi connectivity index (χ0n) is 23.0. The van der Waals surface area contributed by atoms with E-state index in [1.165, 1.54) is 21.3 Å². The summed E-state index contributed by atoms with van der Waals surface area (Å²) in [6.45, 7) is 0.795. The Kier molecular flexibility index (Phi) is 9.75. The Morgan fingerprint density at radius 3 is 2.15 bits per heavy atom. The van der Waals surface area contributed by atoms with Crippen molar-refractivity contribution in [2.75, 3.05) is 33.2 Å². The largest absolute Gasteiger partial charge is 0.493 e. The van der Waals surface area contributed by atoms with Gasteiger partial charge in [0, 0.05) is 29.3 Å². The van der Waals surface area contributed by atoms with Crippen LogP contribution in [0.15, 0.2) is 66.7 Å². The number of hydrogen-bond acceptors (Lipinski definition) is 7. The third-order valence-corrected chi connectivity index (χ3v) is 6.87. The molecule has 0 bridgehead atoms. The summed E-state index contributed by atoms with van der Waals surface area (Å²) in [5.74, 6) is 0.683. The maximum atomic E-state index is 13.4. The molecule has 1 aliphatic rings. The van der Waals surface area contributed by atoms with Crippen LogP contribution in [0.4, 0.5) is 5.69 Å². The normalized spacial score (nSPS) is 15.1. The predicted octanol–water partition coefficient (Wildman–Crippen LogP) is 4.02. The molecule has 0 saturated carbocycles. The standard InChI is InChI=1S/C31H35N3O6/c1-38-27-17-22(18-28(39-2)29(27)40-3)26(35)19-24(34-31(37)25-10-7-15-32-25)16-20-11-13-23(14-12-20)33-30(36)21-8-5-4-6-9-21/h4-6,8-9,11-14,17-18,24-25,32H,7,10,15-16,19H2,1-3H3,(H,33,36)(H,34,37)/t24?,25-/m0/s1. The average molecular weight is 546 g/mol. The van der Waals surface area contributed by atoms with Crippen LogP contribution in [0.3, 0.4) is 0 Å². The van der Waals surface area contributed by atoms with E-state index in [1.807, 2.05) is 42.5 Å². The Morgan fingerprint density at radius 2 is 1.57 bits per heavy atom. The first-order chi connectivity index (χ1) is 19.4. The van der Waals surface area contributed by atoms with E-state index in [-0.39, 0.29) is 30.1 Å². The van der Waals surface area contributed by atoms with E-state index >= 15 is 0 Å². The van der Waals surface area contributed by atoms with Gasteiger partial charge in [-0.05, 0) is 67.8 Å². The Balaban J connectivity index is 1.50. The smallest absolute Gasteiger partial charge is 0.255 e. The van der Waals surface area contributed by atoms with Crippen LogP contribution in [0.2, 0.25) is 0 Å². The number of carbonyl (C=O) groups is 3. The summed E-state index contributed by atoms with van der Waals surface area (Å²) in [6.07, 6.45) is 2.20. The second-order valence-electron chi connectivity index (χ2n) is 9.62. The van der Waals surface area contributed by atoms with Crippen LogP contribution in [0, 0.1) is 0 Å². The lowest BCUT2D eigenvalue weighted by atomic mass is 9.97. The lowest BCUT2D eigenvalue weighted by Crippen LogP contribution is -2.46. The molecule has 0 spiro atoms. The van der Waals surface area contributed by atoms with Gasteiger partial charge in [0.05, 0.1) is 27.4 Å². The summed E-state index contributed by atoms with van der Waals surface area (Å²) in [5.41, 5.74) is 2.54. The summed E-state index contributed by atoms with van der Waals surface area (Å²) in [4.78, 5) is 38.9. The highest BCUT2D eigenvalue weighted by atomic mass is 16.5. The van der Waals surface area contributed by atoms with Crippen LogP contribution in [0.25, 0.3) is 0 Å². The van der Waals surface area contributed by atoms with Gasteiger partial charge in [0.1, 0.15) is 0 Å². The molecule has 1 unspecified atom stereocenters. The van der Waals surface area contributed by atoms with E-state index in [1.54, 1.807) is 24.3 Å². The highest BCUT2D eigenvalue weighted by molar-refractivity contribution is 6.04. The zero-order valence-corrected chi connectivity index (χ0v) is 23.0. The number of anilines is 1. The number of nitrogens with one attached hydrogen (secondary N) is 3. The van der Waals surface area contributed by atoms with Crippen molar-refractivity contribution in [1.29, 1.82) is 0 Å². The third kappa shape index (κ3) is 7.18. The number of benzene rings is 3. The number of ether oxygens (including phenoxy) is 3. The molecule has 3 N–H and O–H groups in total. The first-order valence-corrected chi connectivity index (χ1v) is 13.2. The summed E-state index contributed by atoms with van der Waals surface area (Å²) >= 11 is 0. The first-order valence-electron chi connectivity index (χ1n) is 13.2. The SMILES string of the molecule is COc1cc(C(=O)CC(Cc2ccc(NC(=O)c3ccccc3)cc2)NC(=O)[C@@H]2CCCN2)cc(OC)c1OC. The van der Waals surface area contributed by atoms with Gasteiger partial charge in [0.15, 0.2) is 17.3 Å². The van der Waals surface area contributed by atoms with Crippen LogP contribution in [0.1, 0.15) is 45.5 Å². The number of hydrogen-bond donors (Lipinski definition) is 3. The molecule has 40 heavy (non-hydrogen) atoms. The van der Waals surface area contributed by atoms with Crippen molar-refractivity contribution in [1.82, 2.24) is 10.6 Å². The molecule has 0 radical (unpaired) electrons. The highest BCUT2D eigenvalue weighted by Gasteiger charge is 2.26. The van der Waals surface area contributed by atoms with E-state index in [9.17, 15) is 14.4 Å². The third-order valence-electron chi connectivity index (χ3n) is 6.87. The Hall–Kier alpha value is -4.37. The lowest BCUT2D eigenvalue weighted by Gasteiger charge is -2.21. The Morgan fingerprint density at radius 1 is 0.900 bits per heavy atom. The molecule has 0 aromatic heterocycles. The van der Waals surface area contributed by atoms with E-state index in [4.69, 9.17) is 14.2 Å². The van der Waals surface area contributed by atoms with Gasteiger partial charge in [-0.15, -0.1) is 0 Å². The number of carbonyl (C=O) groups excluding carboxylic acids is 3. The van der Waals surface area contributed by atoms with Gasteiger partial charge in [0.2, 0.25) is 11.7 Å². The molecular formula is C31H35N3O6. The van der Waals surface area contributed by atoms with Gasteiger partial charge >= 0.3 is 0 Å². The van der Waals surface area contributed by atoms with E-state index in [0.717, 1.165) is 24.9 Å². The van der Waals surface area contributed by atoms with Gasteiger partial charge in [-0.3, -0.25) is 14.4 Å². The van der Waals surface area contributed by atoms with Gasteiger partial charge in [0.25, 0.3) is 5.91 Å². The van der Waals surface area contributed by atoms with Gasteiger partial charge in [-0.1, -0.05) is 30.3 Å². The van der Waals surface area contributed by atoms with Crippen molar-refractivity contribution in [3.63, 3.8) is 0 Å². The average Bonchev–Trinajstić information content (AvgIpc) is 3.53. The van der Waals surface area contributed by atoms with Gasteiger partial charge < -0.3 is 30.2 Å². The van der Waals surface area contributed by atoms with Crippen molar-refractivity contribution < 1.29 is 28.6 Å². The predicted molar refractivity (Wildman–Crippen MR) is 153 cm³/mol. The topological polar surface area (TPSA) is 115 Å². The molecule has 9 nitrogen and oxygen atoms in total. The van der Waals surface area contributed by atoms with Gasteiger partial charge in [-0.2, -0.15) is 0 Å². The molecule has 210 valence electrons. The highest BCUT2D eigenvalue weighted by Crippen LogP contribution is 2.38. The van der Waals surface area contributed by atoms with Gasteiger partial charge in [-0.25, -0.2) is 0 Å². The molecule has 0 aliphatic carbocycles. The molecule has 9 heteroatoms. The maximum absolute atomic E-state index is 13.4. The summed E-state index contributed by atoms with van der Waals surface area (Å²) < 4.78 is 16.2. The van der Waals surface area contributed by atoms with Crippen LogP contribution in [-0.4, -0.2) is 57.6 Å². The minimum Gasteiger partial charge on any atom is -0.493 e. The Labute approximate surface area is 234 Å². The monoisotopic (exact) mass is 545 g/mol. The summed E-state index contributed by atoms with van der Waals surface area (Å²) in [7, 11) is 4.49. The fourth-order valence-electron chi connectivity index (χ4n) is 4.77. The van der Waals surface area contributed by atoms with E-state index in [0.29, 0.717) is 40.5 Å². The van der Waals surface area contributed by atoms with Crippen LogP contribution in [0.5, 0.6) is 17.2 Å². The zero-order chi connectivity index (χ0) is 28.5. The molecule has 2 amide bonds. The molecule has 1 fully saturated rings. The fraction of sp³-hybridized carbons (Fsp3) is 0.323. The summed E-state index contributed by atoms with van der Waals surface area (Å²) in [5, 5.41) is 9.17. The Bertz CT molecular complexity index is 1300. The van der Waals surface area contributed by atoms with E-state index in [2.05, 4.69) is 16.0 Å². The molecular weight excluding hydrogens is 510 g/mol. The lowest BCUT2D eigenvalue weighted by molar-refractivity contribution is -0.123. The molecule has 3 aromatic rings. The number of rotatable bonds is 12. The van der Waals surface area contributed by atoms with Crippen molar-refractivity contribution in [3.8, 4) is 17.2 Å². The molecule has 2 atom stereocenters. The number of ketones is 1. The molecule has 1 saturated heterocycles. The number of amides is 2. The van der Waals surface area contributed by atoms with Crippen LogP contribution < -0.4 is 30.2 Å². The first kappa shape index (κ1) is 28.6. The fourth-order valence-corrected chi connectivity index (χ4v) is 4.77. The number of methoxy groups -OCH3 is 3. The molecule has 3 aromatic carbocycles. The van der Waals surface area contributed by atoms with Crippen LogP contribution >= 0.6 is 0 Å². The minimum atomic E-state index is -0.453. The minimum absolute atomic E-state index is 0.0730. The molecule has 1 heterocycles. The molecule has 4 rings (SSSR count). The quantitative estimate of drug-likeness (QED) is 0.295.